The van der Waals surface area contributed by atoms with E-state index in [2.05, 4.69) is 12.0 Å². The summed E-state index contributed by atoms with van der Waals surface area (Å²) in [4.78, 5) is 39.2. The van der Waals surface area contributed by atoms with Crippen molar-refractivity contribution in [3.05, 3.63) is 28.8 Å². The lowest BCUT2D eigenvalue weighted by Gasteiger charge is -2.32. The number of hydrazone groups is 1. The number of likely N-dealkylation sites (tertiary alicyclic amines) is 1. The van der Waals surface area contributed by atoms with Crippen LogP contribution in [0.25, 0.3) is 0 Å². The lowest BCUT2D eigenvalue weighted by atomic mass is 9.99. The van der Waals surface area contributed by atoms with E-state index < -0.39 is 12.1 Å². The number of carbonyl (C=O) groups excluding carboxylic acids is 3. The van der Waals surface area contributed by atoms with Gasteiger partial charge in [-0.05, 0) is 50.3 Å². The van der Waals surface area contributed by atoms with Crippen LogP contribution in [0.3, 0.4) is 0 Å². The second-order valence-corrected chi connectivity index (χ2v) is 8.15. The van der Waals surface area contributed by atoms with Crippen molar-refractivity contribution in [1.82, 2.24) is 4.90 Å². The first-order valence-corrected chi connectivity index (χ1v) is 10.3. The summed E-state index contributed by atoms with van der Waals surface area (Å²) in [6.45, 7) is 6.96. The summed E-state index contributed by atoms with van der Waals surface area (Å²) in [7, 11) is 0. The van der Waals surface area contributed by atoms with Crippen LogP contribution in [0.4, 0.5) is 5.69 Å². The Morgan fingerprint density at radius 3 is 2.59 bits per heavy atom. The van der Waals surface area contributed by atoms with Crippen molar-refractivity contribution in [2.75, 3.05) is 18.1 Å². The monoisotopic (exact) mass is 419 g/mol. The van der Waals surface area contributed by atoms with Crippen LogP contribution in [0.2, 0.25) is 5.02 Å². The van der Waals surface area contributed by atoms with E-state index in [4.69, 9.17) is 16.3 Å². The molecule has 7 nitrogen and oxygen atoms in total. The number of ether oxygens (including phenoxy) is 1. The second kappa shape index (κ2) is 8.95. The molecule has 3 rings (SSSR count). The zero-order chi connectivity index (χ0) is 21.1. The molecule has 2 aliphatic rings. The highest BCUT2D eigenvalue weighted by Crippen LogP contribution is 2.26. The Morgan fingerprint density at radius 1 is 1.24 bits per heavy atom. The molecule has 8 heteroatoms. The Labute approximate surface area is 175 Å². The van der Waals surface area contributed by atoms with E-state index in [-0.39, 0.29) is 30.4 Å². The predicted octanol–water partition coefficient (Wildman–Crippen LogP) is 3.32. The van der Waals surface area contributed by atoms with Crippen molar-refractivity contribution in [2.45, 2.75) is 52.6 Å². The van der Waals surface area contributed by atoms with Crippen LogP contribution >= 0.6 is 11.6 Å². The lowest BCUT2D eigenvalue weighted by Crippen LogP contribution is -2.45. The highest BCUT2D eigenvalue weighted by atomic mass is 35.5. The van der Waals surface area contributed by atoms with E-state index in [1.54, 1.807) is 30.0 Å². The van der Waals surface area contributed by atoms with E-state index in [9.17, 15) is 14.4 Å². The van der Waals surface area contributed by atoms with Crippen molar-refractivity contribution in [3.63, 3.8) is 0 Å². The average Bonchev–Trinajstić information content (AvgIpc) is 2.70. The van der Waals surface area contributed by atoms with E-state index in [0.29, 0.717) is 29.7 Å². The van der Waals surface area contributed by atoms with Gasteiger partial charge in [-0.15, -0.1) is 0 Å². The largest absolute Gasteiger partial charge is 0.448 e. The molecule has 0 aromatic heterocycles. The molecular weight excluding hydrogens is 394 g/mol. The summed E-state index contributed by atoms with van der Waals surface area (Å²) in [6, 6.07) is 5.14. The Kier molecular flexibility index (Phi) is 6.57. The first-order chi connectivity index (χ1) is 13.8. The third-order valence-corrected chi connectivity index (χ3v) is 5.80. The topological polar surface area (TPSA) is 79.3 Å². The van der Waals surface area contributed by atoms with Gasteiger partial charge >= 0.3 is 5.97 Å². The van der Waals surface area contributed by atoms with Crippen molar-refractivity contribution >= 4 is 40.8 Å². The molecule has 0 bridgehead atoms. The number of amides is 2. The van der Waals surface area contributed by atoms with E-state index in [0.717, 1.165) is 18.4 Å². The number of hydrogen-bond donors (Lipinski definition) is 0. The number of aryl methyl sites for hydroxylation is 1. The Balaban J connectivity index is 1.68. The van der Waals surface area contributed by atoms with Gasteiger partial charge in [0.1, 0.15) is 5.71 Å². The van der Waals surface area contributed by atoms with Crippen molar-refractivity contribution in [3.8, 4) is 0 Å². The first-order valence-electron chi connectivity index (χ1n) is 9.92. The predicted molar refractivity (Wildman–Crippen MR) is 111 cm³/mol. The molecule has 1 atom stereocenters. The molecule has 29 heavy (non-hydrogen) atoms. The SMILES string of the molecule is Cc1ccc(N2N=C(C(=O)OC(C)C(=O)N3CCC(C)CC3)CCC2=O)cc1Cl. The van der Waals surface area contributed by atoms with Gasteiger partial charge in [0, 0.05) is 31.0 Å². The number of benzene rings is 1. The molecule has 0 radical (unpaired) electrons. The summed E-state index contributed by atoms with van der Waals surface area (Å²) in [5.74, 6) is -0.493. The molecule has 156 valence electrons. The van der Waals surface area contributed by atoms with E-state index in [1.165, 1.54) is 5.01 Å². The van der Waals surface area contributed by atoms with Crippen LogP contribution in [-0.2, 0) is 19.1 Å². The summed E-state index contributed by atoms with van der Waals surface area (Å²) < 4.78 is 5.37. The number of halogens is 1. The quantitative estimate of drug-likeness (QED) is 0.701. The molecular formula is C21H26ClN3O4. The lowest BCUT2D eigenvalue weighted by molar-refractivity contribution is -0.154. The fourth-order valence-electron chi connectivity index (χ4n) is 3.38. The van der Waals surface area contributed by atoms with Crippen molar-refractivity contribution in [2.24, 2.45) is 11.0 Å². The number of piperidine rings is 1. The third-order valence-electron chi connectivity index (χ3n) is 5.40. The van der Waals surface area contributed by atoms with Crippen LogP contribution in [0, 0.1) is 12.8 Å². The number of nitrogens with zero attached hydrogens (tertiary/aromatic N) is 3. The van der Waals surface area contributed by atoms with Gasteiger partial charge < -0.3 is 9.64 Å². The molecule has 2 heterocycles. The number of carbonyl (C=O) groups is 3. The van der Waals surface area contributed by atoms with Gasteiger partial charge in [-0.3, -0.25) is 9.59 Å². The van der Waals surface area contributed by atoms with Gasteiger partial charge in [0.2, 0.25) is 5.91 Å². The van der Waals surface area contributed by atoms with E-state index >= 15 is 0 Å². The van der Waals surface area contributed by atoms with Crippen LogP contribution in [-0.4, -0.2) is 47.6 Å². The average molecular weight is 420 g/mol. The fourth-order valence-corrected chi connectivity index (χ4v) is 3.56. The van der Waals surface area contributed by atoms with Crippen LogP contribution in [0.15, 0.2) is 23.3 Å². The van der Waals surface area contributed by atoms with E-state index in [1.807, 2.05) is 6.92 Å². The summed E-state index contributed by atoms with van der Waals surface area (Å²) in [6.07, 6.45) is 1.32. The van der Waals surface area contributed by atoms with Gasteiger partial charge in [-0.25, -0.2) is 9.80 Å². The summed E-state index contributed by atoms with van der Waals surface area (Å²) in [5, 5.41) is 5.86. The van der Waals surface area contributed by atoms with Crippen molar-refractivity contribution in [1.29, 1.82) is 0 Å². The maximum Gasteiger partial charge on any atom is 0.355 e. The third kappa shape index (κ3) is 4.96. The molecule has 0 saturated carbocycles. The normalized spacial score (nSPS) is 19.0. The fraction of sp³-hybridized carbons (Fsp3) is 0.524. The maximum absolute atomic E-state index is 12.6. The molecule has 2 amide bonds. The summed E-state index contributed by atoms with van der Waals surface area (Å²) in [5.41, 5.74) is 1.48. The zero-order valence-corrected chi connectivity index (χ0v) is 17.7. The van der Waals surface area contributed by atoms with Crippen LogP contribution in [0.1, 0.15) is 45.1 Å². The molecule has 1 unspecified atom stereocenters. The maximum atomic E-state index is 12.6. The van der Waals surface area contributed by atoms with Gasteiger partial charge in [-0.1, -0.05) is 24.6 Å². The molecule has 2 aliphatic heterocycles. The van der Waals surface area contributed by atoms with Crippen LogP contribution in [0.5, 0.6) is 0 Å². The second-order valence-electron chi connectivity index (χ2n) is 7.74. The zero-order valence-electron chi connectivity index (χ0n) is 17.0. The number of hydrogen-bond acceptors (Lipinski definition) is 5. The molecule has 0 aliphatic carbocycles. The highest BCUT2D eigenvalue weighted by molar-refractivity contribution is 6.38. The molecule has 1 saturated heterocycles. The van der Waals surface area contributed by atoms with Crippen molar-refractivity contribution < 1.29 is 19.1 Å². The molecule has 1 aromatic carbocycles. The minimum absolute atomic E-state index is 0.119. The number of rotatable bonds is 4. The molecule has 1 fully saturated rings. The van der Waals surface area contributed by atoms with Gasteiger partial charge in [0.25, 0.3) is 5.91 Å². The van der Waals surface area contributed by atoms with Gasteiger partial charge in [0.15, 0.2) is 6.10 Å². The minimum Gasteiger partial charge on any atom is -0.448 e. The highest BCUT2D eigenvalue weighted by Gasteiger charge is 2.31. The minimum atomic E-state index is -0.890. The van der Waals surface area contributed by atoms with Gasteiger partial charge in [-0.2, -0.15) is 5.10 Å². The number of anilines is 1. The Morgan fingerprint density at radius 2 is 1.93 bits per heavy atom. The number of esters is 1. The smallest absolute Gasteiger partial charge is 0.355 e. The first kappa shape index (κ1) is 21.3. The standard InChI is InChI=1S/C21H26ClN3O4/c1-13-8-10-24(11-9-13)20(27)15(3)29-21(28)18-6-7-19(26)25(23-18)16-5-4-14(2)17(22)12-16/h4-5,12-13,15H,6-11H2,1-3H3. The summed E-state index contributed by atoms with van der Waals surface area (Å²) >= 11 is 6.15. The molecule has 1 aromatic rings. The van der Waals surface area contributed by atoms with Crippen LogP contribution < -0.4 is 5.01 Å². The Bertz CT molecular complexity index is 846. The van der Waals surface area contributed by atoms with Gasteiger partial charge in [0.05, 0.1) is 5.69 Å². The molecule has 0 N–H and O–H groups in total. The Hall–Kier alpha value is -2.41. The molecule has 0 spiro atoms.